The number of carbonyl (C=O) groups excluding carboxylic acids is 1. The Morgan fingerprint density at radius 2 is 1.81 bits per heavy atom. The van der Waals surface area contributed by atoms with Crippen molar-refractivity contribution in [2.45, 2.75) is 11.4 Å². The topological polar surface area (TPSA) is 122 Å². The molecule has 0 saturated carbocycles. The molecule has 3 rings (SSSR count). The highest BCUT2D eigenvalue weighted by Crippen LogP contribution is 2.36. The normalized spacial score (nSPS) is 11.1. The van der Waals surface area contributed by atoms with Gasteiger partial charge in [-0.2, -0.15) is 5.10 Å². The number of ether oxygens (including phenoxy) is 3. The highest BCUT2D eigenvalue weighted by atomic mass is 79.9. The molecule has 0 bridgehead atoms. The minimum absolute atomic E-state index is 0.00614. The van der Waals surface area contributed by atoms with Crippen LogP contribution in [0.25, 0.3) is 0 Å². The summed E-state index contributed by atoms with van der Waals surface area (Å²) in [6.07, 6.45) is 3.41. The Hall–Kier alpha value is -3.12. The van der Waals surface area contributed by atoms with E-state index in [1.807, 2.05) is 4.72 Å². The number of hydrogen-bond donors (Lipinski definition) is 1. The number of aromatic nitrogens is 3. The summed E-state index contributed by atoms with van der Waals surface area (Å²) in [5.74, 6) is -0.742. The van der Waals surface area contributed by atoms with Crippen molar-refractivity contribution in [2.24, 2.45) is 0 Å². The third-order valence-electron chi connectivity index (χ3n) is 4.18. The summed E-state index contributed by atoms with van der Waals surface area (Å²) in [5.41, 5.74) is 0.529. The van der Waals surface area contributed by atoms with Gasteiger partial charge >= 0.3 is 0 Å². The Bertz CT molecular complexity index is 1170. The number of rotatable bonds is 8. The number of carbonyl (C=O) groups is 1. The molecule has 0 spiro atoms. The highest BCUT2D eigenvalue weighted by molar-refractivity contribution is 9.10. The van der Waals surface area contributed by atoms with Crippen molar-refractivity contribution in [2.75, 3.05) is 21.3 Å². The second-order valence-corrected chi connectivity index (χ2v) is 8.68. The SMILES string of the molecule is COc1cc(Br)cc(OC)c1S(=O)(=O)NC(=O)c1ccc(Cn2cccn2)c(OC)n1. The Kier molecular flexibility index (Phi) is 6.81. The molecule has 1 amide bonds. The summed E-state index contributed by atoms with van der Waals surface area (Å²) in [5, 5.41) is 4.11. The zero-order valence-corrected chi connectivity index (χ0v) is 19.2. The Morgan fingerprint density at radius 3 is 2.35 bits per heavy atom. The highest BCUT2D eigenvalue weighted by Gasteiger charge is 2.28. The van der Waals surface area contributed by atoms with Gasteiger partial charge in [-0.1, -0.05) is 15.9 Å². The lowest BCUT2D eigenvalue weighted by atomic mass is 10.2. The van der Waals surface area contributed by atoms with Gasteiger partial charge < -0.3 is 14.2 Å². The number of sulfonamides is 1. The summed E-state index contributed by atoms with van der Waals surface area (Å²) >= 11 is 3.25. The van der Waals surface area contributed by atoms with E-state index in [4.69, 9.17) is 14.2 Å². The smallest absolute Gasteiger partial charge is 0.283 e. The second-order valence-electron chi connectivity index (χ2n) is 6.14. The van der Waals surface area contributed by atoms with Crippen LogP contribution in [0.3, 0.4) is 0 Å². The number of amides is 1. The molecular formula is C19H19BrN4O6S. The largest absolute Gasteiger partial charge is 0.495 e. The molecule has 3 aromatic rings. The van der Waals surface area contributed by atoms with Crippen LogP contribution in [0.4, 0.5) is 0 Å². The third kappa shape index (κ3) is 4.97. The fraction of sp³-hybridized carbons (Fsp3) is 0.211. The van der Waals surface area contributed by atoms with Crippen LogP contribution in [0.5, 0.6) is 17.4 Å². The van der Waals surface area contributed by atoms with Crippen LogP contribution in [-0.2, 0) is 16.6 Å². The molecule has 2 aromatic heterocycles. The molecule has 12 heteroatoms. The van der Waals surface area contributed by atoms with E-state index in [2.05, 4.69) is 26.0 Å². The maximum absolute atomic E-state index is 12.9. The van der Waals surface area contributed by atoms with Gasteiger partial charge in [-0.3, -0.25) is 9.48 Å². The molecule has 0 fully saturated rings. The zero-order valence-electron chi connectivity index (χ0n) is 16.8. The molecule has 0 aliphatic heterocycles. The summed E-state index contributed by atoms with van der Waals surface area (Å²) < 4.78 is 45.7. The van der Waals surface area contributed by atoms with Gasteiger partial charge in [-0.15, -0.1) is 0 Å². The van der Waals surface area contributed by atoms with E-state index in [0.29, 0.717) is 16.6 Å². The zero-order chi connectivity index (χ0) is 22.6. The summed E-state index contributed by atoms with van der Waals surface area (Å²) in [7, 11) is -0.314. The summed E-state index contributed by atoms with van der Waals surface area (Å²) in [6.45, 7) is 0.372. The molecule has 0 aliphatic rings. The molecule has 2 heterocycles. The van der Waals surface area contributed by atoms with Gasteiger partial charge in [-0.25, -0.2) is 18.1 Å². The molecular weight excluding hydrogens is 492 g/mol. The maximum Gasteiger partial charge on any atom is 0.283 e. The monoisotopic (exact) mass is 510 g/mol. The van der Waals surface area contributed by atoms with Gasteiger partial charge in [0.1, 0.15) is 17.2 Å². The van der Waals surface area contributed by atoms with Crippen molar-refractivity contribution in [3.8, 4) is 17.4 Å². The Balaban J connectivity index is 1.91. The quantitative estimate of drug-likeness (QED) is 0.489. The average Bonchev–Trinajstić information content (AvgIpc) is 3.25. The van der Waals surface area contributed by atoms with E-state index in [-0.39, 0.29) is 28.0 Å². The van der Waals surface area contributed by atoms with Gasteiger partial charge in [0.15, 0.2) is 4.90 Å². The van der Waals surface area contributed by atoms with E-state index in [9.17, 15) is 13.2 Å². The molecule has 0 aliphatic carbocycles. The number of methoxy groups -OCH3 is 3. The van der Waals surface area contributed by atoms with E-state index in [0.717, 1.165) is 0 Å². The third-order valence-corrected chi connectivity index (χ3v) is 6.03. The molecule has 0 radical (unpaired) electrons. The van der Waals surface area contributed by atoms with Gasteiger partial charge in [0.25, 0.3) is 15.9 Å². The predicted molar refractivity (Wildman–Crippen MR) is 114 cm³/mol. The van der Waals surface area contributed by atoms with Crippen molar-refractivity contribution in [3.63, 3.8) is 0 Å². The minimum atomic E-state index is -4.35. The number of nitrogens with one attached hydrogen (secondary N) is 1. The van der Waals surface area contributed by atoms with Crippen molar-refractivity contribution < 1.29 is 27.4 Å². The van der Waals surface area contributed by atoms with E-state index >= 15 is 0 Å². The lowest BCUT2D eigenvalue weighted by molar-refractivity contribution is 0.0975. The van der Waals surface area contributed by atoms with Crippen molar-refractivity contribution in [3.05, 3.63) is 58.5 Å². The van der Waals surface area contributed by atoms with Crippen LogP contribution in [0.2, 0.25) is 0 Å². The second kappa shape index (κ2) is 9.35. The van der Waals surface area contributed by atoms with Crippen LogP contribution < -0.4 is 18.9 Å². The number of pyridine rings is 1. The lowest BCUT2D eigenvalue weighted by Crippen LogP contribution is -2.32. The summed E-state index contributed by atoms with van der Waals surface area (Å²) in [4.78, 5) is 16.5. The fourth-order valence-electron chi connectivity index (χ4n) is 2.80. The van der Waals surface area contributed by atoms with Crippen LogP contribution in [0.1, 0.15) is 16.1 Å². The van der Waals surface area contributed by atoms with Crippen LogP contribution in [0.15, 0.2) is 52.1 Å². The minimum Gasteiger partial charge on any atom is -0.495 e. The lowest BCUT2D eigenvalue weighted by Gasteiger charge is -2.15. The Morgan fingerprint density at radius 1 is 1.13 bits per heavy atom. The molecule has 31 heavy (non-hydrogen) atoms. The van der Waals surface area contributed by atoms with Gasteiger partial charge in [0.2, 0.25) is 5.88 Å². The number of nitrogens with zero attached hydrogens (tertiary/aromatic N) is 3. The first-order valence-corrected chi connectivity index (χ1v) is 11.1. The Labute approximate surface area is 187 Å². The van der Waals surface area contributed by atoms with Crippen LogP contribution >= 0.6 is 15.9 Å². The van der Waals surface area contributed by atoms with Crippen molar-refractivity contribution in [1.82, 2.24) is 19.5 Å². The molecule has 0 saturated heterocycles. The first-order chi connectivity index (χ1) is 14.8. The number of hydrogen-bond acceptors (Lipinski definition) is 8. The number of benzene rings is 1. The van der Waals surface area contributed by atoms with E-state index in [1.54, 1.807) is 29.2 Å². The van der Waals surface area contributed by atoms with Crippen LogP contribution in [0, 0.1) is 0 Å². The predicted octanol–water partition coefficient (Wildman–Crippen LogP) is 2.23. The van der Waals surface area contributed by atoms with Crippen molar-refractivity contribution in [1.29, 1.82) is 0 Å². The first kappa shape index (κ1) is 22.6. The van der Waals surface area contributed by atoms with E-state index < -0.39 is 15.9 Å². The average molecular weight is 511 g/mol. The fourth-order valence-corrected chi connectivity index (χ4v) is 4.48. The molecule has 1 aromatic carbocycles. The van der Waals surface area contributed by atoms with Gasteiger partial charge in [-0.05, 0) is 30.3 Å². The molecule has 1 N–H and O–H groups in total. The van der Waals surface area contributed by atoms with Crippen LogP contribution in [-0.4, -0.2) is 50.4 Å². The summed E-state index contributed by atoms with van der Waals surface area (Å²) in [6, 6.07) is 7.70. The maximum atomic E-state index is 12.9. The molecule has 164 valence electrons. The van der Waals surface area contributed by atoms with Gasteiger partial charge in [0, 0.05) is 22.4 Å². The van der Waals surface area contributed by atoms with Gasteiger partial charge in [0.05, 0.1) is 27.9 Å². The van der Waals surface area contributed by atoms with Crippen molar-refractivity contribution >= 4 is 31.9 Å². The molecule has 0 unspecified atom stereocenters. The van der Waals surface area contributed by atoms with E-state index in [1.165, 1.54) is 39.5 Å². The first-order valence-electron chi connectivity index (χ1n) is 8.79. The number of halogens is 1. The standard InChI is InChI=1S/C19H19BrN4O6S/c1-28-15-9-13(20)10-16(29-2)17(15)31(26,27)23-18(25)14-6-5-12(19(22-14)30-3)11-24-8-4-7-21-24/h4-10H,11H2,1-3H3,(H,23,25). The molecule has 10 nitrogen and oxygen atoms in total. The molecule has 0 atom stereocenters.